The maximum Gasteiger partial charge on any atom is 0.472 e. The van der Waals surface area contributed by atoms with Gasteiger partial charge in [-0.05, 0) is 70.6 Å². The van der Waals surface area contributed by atoms with Crippen LogP contribution in [0.25, 0.3) is 0 Å². The van der Waals surface area contributed by atoms with Crippen molar-refractivity contribution in [2.45, 2.75) is 322 Å². The summed E-state index contributed by atoms with van der Waals surface area (Å²) in [7, 11) is -4.40. The summed E-state index contributed by atoms with van der Waals surface area (Å²) in [5.41, 5.74) is 5.39. The maximum atomic E-state index is 12.7. The Morgan fingerprint density at radius 2 is 0.688 bits per heavy atom. The van der Waals surface area contributed by atoms with E-state index in [1.807, 2.05) is 0 Å². The zero-order valence-corrected chi connectivity index (χ0v) is 52.9. The largest absolute Gasteiger partial charge is 0.472 e. The summed E-state index contributed by atoms with van der Waals surface area (Å²) < 4.78 is 33.1. The van der Waals surface area contributed by atoms with Crippen molar-refractivity contribution in [3.05, 3.63) is 85.1 Å². The summed E-state index contributed by atoms with van der Waals surface area (Å²) >= 11 is 0. The van der Waals surface area contributed by atoms with Gasteiger partial charge in [-0.1, -0.05) is 317 Å². The van der Waals surface area contributed by atoms with Crippen LogP contribution in [0.4, 0.5) is 0 Å². The molecule has 0 aromatic heterocycles. The van der Waals surface area contributed by atoms with E-state index in [0.717, 1.165) is 96.3 Å². The molecule has 0 bridgehead atoms. The molecule has 0 aliphatic rings. The van der Waals surface area contributed by atoms with Gasteiger partial charge in [0, 0.05) is 19.4 Å². The summed E-state index contributed by atoms with van der Waals surface area (Å²) in [4.78, 5) is 35.3. The van der Waals surface area contributed by atoms with Gasteiger partial charge < -0.3 is 20.1 Å². The molecule has 0 fully saturated rings. The molecule has 9 nitrogen and oxygen atoms in total. The minimum absolute atomic E-state index is 0.0471. The summed E-state index contributed by atoms with van der Waals surface area (Å²) in [5.74, 6) is -0.842. The van der Waals surface area contributed by atoms with Gasteiger partial charge >= 0.3 is 19.8 Å². The Balaban J connectivity index is 3.91. The van der Waals surface area contributed by atoms with E-state index in [2.05, 4.69) is 98.9 Å². The average Bonchev–Trinajstić information content (AvgIpc) is 3.45. The van der Waals surface area contributed by atoms with E-state index in [1.165, 1.54) is 186 Å². The normalized spacial score (nSPS) is 13.5. The number of rotatable bonds is 63. The molecule has 80 heavy (non-hydrogen) atoms. The number of allylic oxidation sites excluding steroid dienone is 14. The average molecular weight is 1140 g/mol. The van der Waals surface area contributed by atoms with Gasteiger partial charge in [0.2, 0.25) is 0 Å². The lowest BCUT2D eigenvalue weighted by Gasteiger charge is -2.19. The third-order valence-electron chi connectivity index (χ3n) is 14.5. The molecule has 0 saturated carbocycles. The SMILES string of the molecule is CC/C=C\C/C=C\C/C=C\C/C=C\C/C=C\C/C=C\C/C=C\CCCCCCCC(=O)OC(COC(=O)CCCCCCCCCCCCCCCCCCCCCCCCCCCCCCCCCC)COP(=O)(O)OCCN. The van der Waals surface area contributed by atoms with Crippen LogP contribution in [0.5, 0.6) is 0 Å². The van der Waals surface area contributed by atoms with Crippen molar-refractivity contribution in [1.29, 1.82) is 0 Å². The lowest BCUT2D eigenvalue weighted by atomic mass is 10.0. The maximum absolute atomic E-state index is 12.7. The topological polar surface area (TPSA) is 134 Å². The van der Waals surface area contributed by atoms with E-state index < -0.39 is 26.5 Å². The summed E-state index contributed by atoms with van der Waals surface area (Å²) in [6.07, 6.45) is 86.8. The number of esters is 2. The quantitative estimate of drug-likeness (QED) is 0.0264. The summed E-state index contributed by atoms with van der Waals surface area (Å²) in [6, 6.07) is 0. The first kappa shape index (κ1) is 77.2. The van der Waals surface area contributed by atoms with Gasteiger partial charge in [-0.3, -0.25) is 18.6 Å². The molecule has 0 amide bonds. The number of unbranched alkanes of at least 4 members (excludes halogenated alkanes) is 36. The van der Waals surface area contributed by atoms with Gasteiger partial charge in [0.25, 0.3) is 0 Å². The predicted molar refractivity (Wildman–Crippen MR) is 344 cm³/mol. The number of phosphoric acid groups is 1. The van der Waals surface area contributed by atoms with Crippen LogP contribution in [0, 0.1) is 0 Å². The van der Waals surface area contributed by atoms with E-state index in [-0.39, 0.29) is 38.6 Å². The monoisotopic (exact) mass is 1140 g/mol. The molecular weight excluding hydrogens is 1010 g/mol. The molecular formula is C70H126NO8P. The van der Waals surface area contributed by atoms with Crippen LogP contribution in [0.1, 0.15) is 316 Å². The predicted octanol–water partition coefficient (Wildman–Crippen LogP) is 21.8. The Kier molecular flexibility index (Phi) is 63.0. The fourth-order valence-electron chi connectivity index (χ4n) is 9.62. The highest BCUT2D eigenvalue weighted by Gasteiger charge is 2.26. The lowest BCUT2D eigenvalue weighted by Crippen LogP contribution is -2.29. The van der Waals surface area contributed by atoms with Crippen LogP contribution in [-0.2, 0) is 32.7 Å². The van der Waals surface area contributed by atoms with Crippen LogP contribution in [0.2, 0.25) is 0 Å². The lowest BCUT2D eigenvalue weighted by molar-refractivity contribution is -0.161. The molecule has 464 valence electrons. The van der Waals surface area contributed by atoms with Crippen LogP contribution in [0.3, 0.4) is 0 Å². The smallest absolute Gasteiger partial charge is 0.462 e. The van der Waals surface area contributed by atoms with Gasteiger partial charge in [-0.25, -0.2) is 4.57 Å². The van der Waals surface area contributed by atoms with Crippen molar-refractivity contribution in [3.63, 3.8) is 0 Å². The van der Waals surface area contributed by atoms with Crippen molar-refractivity contribution >= 4 is 19.8 Å². The molecule has 2 unspecified atom stereocenters. The molecule has 0 heterocycles. The number of carbonyl (C=O) groups is 2. The molecule has 10 heteroatoms. The van der Waals surface area contributed by atoms with Crippen molar-refractivity contribution < 1.29 is 37.6 Å². The van der Waals surface area contributed by atoms with Crippen molar-refractivity contribution in [2.24, 2.45) is 5.73 Å². The van der Waals surface area contributed by atoms with Crippen LogP contribution in [-0.4, -0.2) is 49.3 Å². The van der Waals surface area contributed by atoms with Gasteiger partial charge in [-0.15, -0.1) is 0 Å². The molecule has 0 rings (SSSR count). The highest BCUT2D eigenvalue weighted by atomic mass is 31.2. The standard InChI is InChI=1S/C70H126NO8P/c1-3-5-7-9-11-13-15-17-19-21-23-25-27-29-31-32-33-34-35-37-38-40-42-44-46-48-50-52-54-56-58-60-62-69(72)76-66-68(67-78-80(74,75)77-65-64-71)79-70(73)63-61-59-57-55-53-51-49-47-45-43-41-39-36-30-28-26-24-22-20-18-16-14-12-10-8-6-4-2/h6,8,12,14,18,20,24,26,30,36,41,43,47,49,68H,3-5,7,9-11,13,15-17,19,21-23,25,27-29,31-35,37-40,42,44-46,48,50-67,71H2,1-2H3,(H,74,75)/b8-6-,14-12-,20-18-,26-24-,36-30-,43-41-,49-47-. The van der Waals surface area contributed by atoms with Gasteiger partial charge in [0.05, 0.1) is 13.2 Å². The minimum atomic E-state index is -4.40. The molecule has 0 saturated heterocycles. The fourth-order valence-corrected chi connectivity index (χ4v) is 10.4. The number of nitrogens with two attached hydrogens (primary N) is 1. The van der Waals surface area contributed by atoms with Crippen molar-refractivity contribution in [3.8, 4) is 0 Å². The van der Waals surface area contributed by atoms with Crippen molar-refractivity contribution in [1.82, 2.24) is 0 Å². The second kappa shape index (κ2) is 65.3. The first-order chi connectivity index (χ1) is 39.3. The molecule has 0 aliphatic heterocycles. The highest BCUT2D eigenvalue weighted by molar-refractivity contribution is 7.47. The van der Waals surface area contributed by atoms with Crippen molar-refractivity contribution in [2.75, 3.05) is 26.4 Å². The molecule has 0 aliphatic carbocycles. The second-order valence-corrected chi connectivity index (χ2v) is 23.8. The van der Waals surface area contributed by atoms with E-state index in [0.29, 0.717) is 6.42 Å². The molecule has 0 spiro atoms. The van der Waals surface area contributed by atoms with Crippen LogP contribution in [0.15, 0.2) is 85.1 Å². The first-order valence-electron chi connectivity index (χ1n) is 33.6. The number of hydrogen-bond acceptors (Lipinski definition) is 8. The number of phosphoric ester groups is 1. The zero-order chi connectivity index (χ0) is 58.0. The van der Waals surface area contributed by atoms with E-state index in [9.17, 15) is 19.0 Å². The Morgan fingerprint density at radius 3 is 1.02 bits per heavy atom. The molecule has 2 atom stereocenters. The molecule has 0 aromatic carbocycles. The number of ether oxygens (including phenoxy) is 2. The Morgan fingerprint density at radius 1 is 0.388 bits per heavy atom. The Bertz CT molecular complexity index is 1590. The zero-order valence-electron chi connectivity index (χ0n) is 52.1. The molecule has 3 N–H and O–H groups in total. The van der Waals surface area contributed by atoms with Crippen LogP contribution < -0.4 is 5.73 Å². The third kappa shape index (κ3) is 64.4. The Hall–Kier alpha value is -2.81. The molecule has 0 aromatic rings. The second-order valence-electron chi connectivity index (χ2n) is 22.3. The van der Waals surface area contributed by atoms with Gasteiger partial charge in [0.15, 0.2) is 6.10 Å². The minimum Gasteiger partial charge on any atom is -0.462 e. The summed E-state index contributed by atoms with van der Waals surface area (Å²) in [6.45, 7) is 3.65. The van der Waals surface area contributed by atoms with E-state index in [4.69, 9.17) is 24.3 Å². The fraction of sp³-hybridized carbons (Fsp3) is 0.771. The third-order valence-corrected chi connectivity index (χ3v) is 15.5. The summed E-state index contributed by atoms with van der Waals surface area (Å²) in [5, 5.41) is 0. The van der Waals surface area contributed by atoms with Gasteiger partial charge in [0.1, 0.15) is 6.61 Å². The van der Waals surface area contributed by atoms with E-state index >= 15 is 0 Å². The molecule has 0 radical (unpaired) electrons. The number of hydrogen-bond donors (Lipinski definition) is 2. The van der Waals surface area contributed by atoms with Gasteiger partial charge in [-0.2, -0.15) is 0 Å². The first-order valence-corrected chi connectivity index (χ1v) is 35.1. The van der Waals surface area contributed by atoms with Crippen LogP contribution >= 0.6 is 7.82 Å². The van der Waals surface area contributed by atoms with E-state index in [1.54, 1.807) is 0 Å². The highest BCUT2D eigenvalue weighted by Crippen LogP contribution is 2.43. The number of carbonyl (C=O) groups excluding carboxylic acids is 2. The Labute approximate surface area is 494 Å².